The van der Waals surface area contributed by atoms with Crippen LogP contribution in [-0.2, 0) is 0 Å². The summed E-state index contributed by atoms with van der Waals surface area (Å²) in [6.45, 7) is 18.5. The molecule has 2 nitrogen and oxygen atoms in total. The molecule has 0 bridgehead atoms. The topological polar surface area (TPSA) is 24.1 Å². The summed E-state index contributed by atoms with van der Waals surface area (Å²) in [7, 11) is 1.90. The van der Waals surface area contributed by atoms with Gasteiger partial charge in [0.15, 0.2) is 0 Å². The van der Waals surface area contributed by atoms with Gasteiger partial charge in [-0.25, -0.2) is 0 Å². The monoisotopic (exact) mass is 234 g/mol. The quantitative estimate of drug-likeness (QED) is 0.543. The van der Waals surface area contributed by atoms with Gasteiger partial charge in [-0.2, -0.15) is 0 Å². The molecule has 0 heterocycles. The lowest BCUT2D eigenvalue weighted by Crippen LogP contribution is -2.36. The molecule has 0 aromatic heterocycles. The van der Waals surface area contributed by atoms with Gasteiger partial charge in [0.2, 0.25) is 0 Å². The van der Waals surface area contributed by atoms with Crippen molar-refractivity contribution in [1.29, 1.82) is 0 Å². The van der Waals surface area contributed by atoms with Gasteiger partial charge in [0.25, 0.3) is 0 Å². The van der Waals surface area contributed by atoms with Crippen molar-refractivity contribution in [2.75, 3.05) is 7.05 Å². The first-order valence-corrected chi connectivity index (χ1v) is 5.94. The van der Waals surface area contributed by atoms with Crippen LogP contribution in [0.5, 0.6) is 0 Å². The Bertz CT molecular complexity index is 355. The molecule has 2 N–H and O–H groups in total. The van der Waals surface area contributed by atoms with Gasteiger partial charge in [0.1, 0.15) is 0 Å². The van der Waals surface area contributed by atoms with Crippen LogP contribution in [0.15, 0.2) is 47.2 Å². The minimum Gasteiger partial charge on any atom is -0.370 e. The molecule has 0 saturated heterocycles. The van der Waals surface area contributed by atoms with Crippen molar-refractivity contribution in [2.45, 2.75) is 40.8 Å². The van der Waals surface area contributed by atoms with Crippen LogP contribution in [0.25, 0.3) is 0 Å². The second kappa shape index (κ2) is 7.13. The van der Waals surface area contributed by atoms with E-state index in [-0.39, 0.29) is 6.17 Å². The SMILES string of the molecule is C=C(/C=C(/C)C(C)=C(C)C)C(=C)NC(C)NC. The molecule has 0 aromatic rings. The third-order valence-electron chi connectivity index (χ3n) is 2.94. The lowest BCUT2D eigenvalue weighted by atomic mass is 10.0. The van der Waals surface area contributed by atoms with E-state index in [2.05, 4.69) is 57.6 Å². The molecular weight excluding hydrogens is 208 g/mol. The Morgan fingerprint density at radius 2 is 1.65 bits per heavy atom. The average molecular weight is 234 g/mol. The molecule has 0 fully saturated rings. The Balaban J connectivity index is 4.70. The van der Waals surface area contributed by atoms with Gasteiger partial charge in [-0.05, 0) is 58.4 Å². The molecule has 1 atom stereocenters. The first-order chi connectivity index (χ1) is 7.79. The maximum Gasteiger partial charge on any atom is 0.0736 e. The van der Waals surface area contributed by atoms with Gasteiger partial charge >= 0.3 is 0 Å². The highest BCUT2D eigenvalue weighted by Crippen LogP contribution is 2.16. The van der Waals surface area contributed by atoms with Gasteiger partial charge in [0.05, 0.1) is 6.17 Å². The van der Waals surface area contributed by atoms with Crippen molar-refractivity contribution < 1.29 is 0 Å². The molecule has 0 saturated carbocycles. The molecule has 0 amide bonds. The molecule has 0 aromatic carbocycles. The minimum atomic E-state index is 0.192. The number of allylic oxidation sites excluding steroid dienone is 4. The van der Waals surface area contributed by atoms with Gasteiger partial charge < -0.3 is 10.6 Å². The van der Waals surface area contributed by atoms with Crippen LogP contribution in [0.1, 0.15) is 34.6 Å². The second-order valence-corrected chi connectivity index (χ2v) is 4.61. The fraction of sp³-hybridized carbons (Fsp3) is 0.467. The zero-order valence-electron chi connectivity index (χ0n) is 12.1. The van der Waals surface area contributed by atoms with Crippen molar-refractivity contribution in [3.05, 3.63) is 47.2 Å². The third-order valence-corrected chi connectivity index (χ3v) is 2.94. The maximum absolute atomic E-state index is 4.03. The molecule has 0 radical (unpaired) electrons. The first-order valence-electron chi connectivity index (χ1n) is 5.94. The Kier molecular flexibility index (Phi) is 6.59. The summed E-state index contributed by atoms with van der Waals surface area (Å²) in [5, 5.41) is 6.34. The summed E-state index contributed by atoms with van der Waals surface area (Å²) < 4.78 is 0. The number of hydrogen-bond donors (Lipinski definition) is 2. The predicted octanol–water partition coefficient (Wildman–Crippen LogP) is 3.51. The average Bonchev–Trinajstić information content (AvgIpc) is 2.27. The van der Waals surface area contributed by atoms with E-state index in [9.17, 15) is 0 Å². The largest absolute Gasteiger partial charge is 0.370 e. The van der Waals surface area contributed by atoms with E-state index in [0.717, 1.165) is 11.3 Å². The van der Waals surface area contributed by atoms with Crippen LogP contribution in [0, 0.1) is 0 Å². The molecule has 1 unspecified atom stereocenters. The zero-order valence-corrected chi connectivity index (χ0v) is 12.1. The lowest BCUT2D eigenvalue weighted by molar-refractivity contribution is 0.545. The van der Waals surface area contributed by atoms with Crippen molar-refractivity contribution in [2.24, 2.45) is 0 Å². The second-order valence-electron chi connectivity index (χ2n) is 4.61. The smallest absolute Gasteiger partial charge is 0.0736 e. The standard InChI is InChI=1S/C15H26N2/c1-10(2)13(5)11(3)9-12(4)14(6)17-15(7)16-8/h9,15-17H,4,6H2,1-3,5,7-8H3/b11-9-. The molecule has 0 aliphatic rings. The van der Waals surface area contributed by atoms with Crippen molar-refractivity contribution in [1.82, 2.24) is 10.6 Å². The van der Waals surface area contributed by atoms with Crippen LogP contribution in [0.3, 0.4) is 0 Å². The third kappa shape index (κ3) is 5.55. The summed E-state index contributed by atoms with van der Waals surface area (Å²) >= 11 is 0. The van der Waals surface area contributed by atoms with E-state index >= 15 is 0 Å². The molecule has 0 rings (SSSR count). The Labute approximate surface area is 106 Å². The molecule has 0 aliphatic carbocycles. The van der Waals surface area contributed by atoms with E-state index < -0.39 is 0 Å². The van der Waals surface area contributed by atoms with Crippen LogP contribution in [0.4, 0.5) is 0 Å². The number of nitrogens with one attached hydrogen (secondary N) is 2. The van der Waals surface area contributed by atoms with E-state index in [4.69, 9.17) is 0 Å². The van der Waals surface area contributed by atoms with Crippen molar-refractivity contribution in [3.8, 4) is 0 Å². The highest BCUT2D eigenvalue weighted by Gasteiger charge is 2.03. The molecule has 0 aliphatic heterocycles. The summed E-state index contributed by atoms with van der Waals surface area (Å²) in [6.07, 6.45) is 2.26. The maximum atomic E-state index is 4.03. The summed E-state index contributed by atoms with van der Waals surface area (Å²) in [4.78, 5) is 0. The normalized spacial score (nSPS) is 12.9. The molecule has 96 valence electrons. The molecule has 2 heteroatoms. The summed E-state index contributed by atoms with van der Waals surface area (Å²) in [5.41, 5.74) is 5.64. The minimum absolute atomic E-state index is 0.192. The molecule has 17 heavy (non-hydrogen) atoms. The number of hydrogen-bond acceptors (Lipinski definition) is 2. The van der Waals surface area contributed by atoms with Gasteiger partial charge in [-0.3, -0.25) is 0 Å². The predicted molar refractivity (Wildman–Crippen MR) is 77.7 cm³/mol. The first kappa shape index (κ1) is 15.7. The van der Waals surface area contributed by atoms with E-state index in [1.54, 1.807) is 0 Å². The number of rotatable bonds is 6. The van der Waals surface area contributed by atoms with Gasteiger partial charge in [-0.15, -0.1) is 0 Å². The van der Waals surface area contributed by atoms with Crippen LogP contribution < -0.4 is 10.6 Å². The lowest BCUT2D eigenvalue weighted by Gasteiger charge is -2.17. The van der Waals surface area contributed by atoms with Gasteiger partial charge in [0, 0.05) is 5.70 Å². The van der Waals surface area contributed by atoms with Crippen molar-refractivity contribution >= 4 is 0 Å². The van der Waals surface area contributed by atoms with Crippen LogP contribution >= 0.6 is 0 Å². The fourth-order valence-electron chi connectivity index (χ4n) is 1.28. The highest BCUT2D eigenvalue weighted by molar-refractivity contribution is 5.42. The van der Waals surface area contributed by atoms with E-state index in [0.29, 0.717) is 0 Å². The fourth-order valence-corrected chi connectivity index (χ4v) is 1.28. The van der Waals surface area contributed by atoms with Crippen LogP contribution in [-0.4, -0.2) is 13.2 Å². The Morgan fingerprint density at radius 1 is 1.12 bits per heavy atom. The summed E-state index contributed by atoms with van der Waals surface area (Å²) in [6, 6.07) is 0. The zero-order chi connectivity index (χ0) is 13.6. The van der Waals surface area contributed by atoms with E-state index in [1.807, 2.05) is 14.0 Å². The highest BCUT2D eigenvalue weighted by atomic mass is 15.1. The Morgan fingerprint density at radius 3 is 2.06 bits per heavy atom. The van der Waals surface area contributed by atoms with Crippen LogP contribution in [0.2, 0.25) is 0 Å². The van der Waals surface area contributed by atoms with Crippen molar-refractivity contribution in [3.63, 3.8) is 0 Å². The molecular formula is C15H26N2. The van der Waals surface area contributed by atoms with Gasteiger partial charge in [-0.1, -0.05) is 24.8 Å². The van der Waals surface area contributed by atoms with E-state index in [1.165, 1.54) is 16.7 Å². The Hall–Kier alpha value is -1.28. The summed E-state index contributed by atoms with van der Waals surface area (Å²) in [5.74, 6) is 0. The molecule has 0 spiro atoms.